The van der Waals surface area contributed by atoms with Crippen molar-refractivity contribution < 1.29 is 14.9 Å². The minimum absolute atomic E-state index is 0.0529. The van der Waals surface area contributed by atoms with E-state index in [1.807, 2.05) is 37.3 Å². The average Bonchev–Trinajstić information content (AvgIpc) is 2.37. The summed E-state index contributed by atoms with van der Waals surface area (Å²) in [6.45, 7) is 2.87. The van der Waals surface area contributed by atoms with Crippen LogP contribution in [0.2, 0.25) is 0 Å². The second kappa shape index (κ2) is 7.87. The smallest absolute Gasteiger partial charge is 0.119 e. The van der Waals surface area contributed by atoms with Crippen LogP contribution >= 0.6 is 0 Å². The maximum Gasteiger partial charge on any atom is 0.119 e. The highest BCUT2D eigenvalue weighted by Crippen LogP contribution is 2.14. The van der Waals surface area contributed by atoms with Crippen molar-refractivity contribution in [3.8, 4) is 5.75 Å². The van der Waals surface area contributed by atoms with Gasteiger partial charge >= 0.3 is 0 Å². The average molecular weight is 236 g/mol. The molecule has 3 nitrogen and oxygen atoms in total. The third-order valence-corrected chi connectivity index (χ3v) is 2.49. The van der Waals surface area contributed by atoms with Gasteiger partial charge in [0.25, 0.3) is 0 Å². The van der Waals surface area contributed by atoms with Crippen LogP contribution in [0.3, 0.4) is 0 Å². The van der Waals surface area contributed by atoms with Crippen molar-refractivity contribution in [2.24, 2.45) is 5.92 Å². The van der Waals surface area contributed by atoms with Gasteiger partial charge in [-0.25, -0.2) is 0 Å². The fraction of sp³-hybridized carbons (Fsp3) is 0.429. The van der Waals surface area contributed by atoms with E-state index in [9.17, 15) is 0 Å². The Labute approximate surface area is 102 Å². The van der Waals surface area contributed by atoms with Crippen LogP contribution in [0, 0.1) is 5.92 Å². The summed E-state index contributed by atoms with van der Waals surface area (Å²) in [5.74, 6) is 1.11. The summed E-state index contributed by atoms with van der Waals surface area (Å²) >= 11 is 0. The fourth-order valence-electron chi connectivity index (χ4n) is 1.33. The number of ether oxygens (including phenoxy) is 1. The van der Waals surface area contributed by atoms with E-state index in [0.29, 0.717) is 6.61 Å². The summed E-state index contributed by atoms with van der Waals surface area (Å²) in [7, 11) is 0. The van der Waals surface area contributed by atoms with Gasteiger partial charge in [-0.1, -0.05) is 31.2 Å². The highest BCUT2D eigenvalue weighted by molar-refractivity contribution is 5.50. The molecule has 1 atom stereocenters. The Balaban J connectivity index is 2.37. The van der Waals surface area contributed by atoms with Crippen LogP contribution in [0.5, 0.6) is 5.75 Å². The number of aliphatic hydroxyl groups excluding tert-OH is 2. The molecule has 0 heterocycles. The highest BCUT2D eigenvalue weighted by Gasteiger charge is 2.00. The summed E-state index contributed by atoms with van der Waals surface area (Å²) in [6.07, 6.45) is 4.40. The van der Waals surface area contributed by atoms with Crippen molar-refractivity contribution in [3.63, 3.8) is 0 Å². The zero-order chi connectivity index (χ0) is 12.5. The Morgan fingerprint density at radius 1 is 1.24 bits per heavy atom. The summed E-state index contributed by atoms with van der Waals surface area (Å²) in [5.41, 5.74) is 1.04. The predicted octanol–water partition coefficient (Wildman–Crippen LogP) is 2.09. The third kappa shape index (κ3) is 5.52. The van der Waals surface area contributed by atoms with Gasteiger partial charge in [-0.15, -0.1) is 0 Å². The van der Waals surface area contributed by atoms with Gasteiger partial charge in [-0.3, -0.25) is 0 Å². The molecule has 94 valence electrons. The number of hydrogen-bond donors (Lipinski definition) is 2. The molecule has 0 aliphatic carbocycles. The van der Waals surface area contributed by atoms with Gasteiger partial charge in [0, 0.05) is 6.61 Å². The minimum Gasteiger partial charge on any atom is -0.494 e. The monoisotopic (exact) mass is 236 g/mol. The molecule has 2 N–H and O–H groups in total. The van der Waals surface area contributed by atoms with E-state index in [2.05, 4.69) is 0 Å². The molecular weight excluding hydrogens is 216 g/mol. The molecule has 0 amide bonds. The Bertz CT molecular complexity index is 330. The van der Waals surface area contributed by atoms with Crippen LogP contribution in [0.1, 0.15) is 18.9 Å². The van der Waals surface area contributed by atoms with Crippen molar-refractivity contribution in [2.45, 2.75) is 13.3 Å². The molecule has 0 aliphatic rings. The predicted molar refractivity (Wildman–Crippen MR) is 68.9 cm³/mol. The molecule has 0 fully saturated rings. The molecule has 0 radical (unpaired) electrons. The quantitative estimate of drug-likeness (QED) is 0.762. The van der Waals surface area contributed by atoms with Gasteiger partial charge < -0.3 is 14.9 Å². The molecule has 0 bridgehead atoms. The molecule has 0 saturated heterocycles. The molecule has 1 unspecified atom stereocenters. The first-order chi connectivity index (χ1) is 8.26. The molecule has 1 aromatic rings. The fourth-order valence-corrected chi connectivity index (χ4v) is 1.33. The van der Waals surface area contributed by atoms with E-state index >= 15 is 0 Å². The van der Waals surface area contributed by atoms with E-state index < -0.39 is 0 Å². The topological polar surface area (TPSA) is 49.7 Å². The molecular formula is C14H20O3. The molecule has 17 heavy (non-hydrogen) atoms. The number of benzene rings is 1. The van der Waals surface area contributed by atoms with Crippen LogP contribution in [-0.2, 0) is 0 Å². The lowest BCUT2D eigenvalue weighted by Crippen LogP contribution is -2.07. The summed E-state index contributed by atoms with van der Waals surface area (Å²) in [4.78, 5) is 0. The van der Waals surface area contributed by atoms with E-state index in [4.69, 9.17) is 14.9 Å². The van der Waals surface area contributed by atoms with Crippen LogP contribution in [-0.4, -0.2) is 30.0 Å². The molecule has 1 aromatic carbocycles. The SMILES string of the molecule is CC(CO)CCOc1ccc(/C=C/CO)cc1. The Kier molecular flexibility index (Phi) is 6.37. The van der Waals surface area contributed by atoms with Gasteiger partial charge in [0.2, 0.25) is 0 Å². The molecule has 0 spiro atoms. The molecule has 0 aromatic heterocycles. The standard InChI is InChI=1S/C14H20O3/c1-12(11-16)8-10-17-14-6-4-13(5-7-14)3-2-9-15/h2-7,12,15-16H,8-11H2,1H3/b3-2+. The largest absolute Gasteiger partial charge is 0.494 e. The first kappa shape index (κ1) is 13.7. The van der Waals surface area contributed by atoms with Crippen molar-refractivity contribution in [1.82, 2.24) is 0 Å². The first-order valence-corrected chi connectivity index (χ1v) is 5.87. The van der Waals surface area contributed by atoms with Gasteiger partial charge in [0.1, 0.15) is 5.75 Å². The van der Waals surface area contributed by atoms with Gasteiger partial charge in [-0.2, -0.15) is 0 Å². The van der Waals surface area contributed by atoms with Gasteiger partial charge in [-0.05, 0) is 30.0 Å². The second-order valence-corrected chi connectivity index (χ2v) is 4.08. The highest BCUT2D eigenvalue weighted by atomic mass is 16.5. The van der Waals surface area contributed by atoms with Crippen LogP contribution in [0.15, 0.2) is 30.3 Å². The van der Waals surface area contributed by atoms with Crippen LogP contribution in [0.25, 0.3) is 6.08 Å². The number of rotatable bonds is 7. The normalized spacial score (nSPS) is 12.9. The van der Waals surface area contributed by atoms with E-state index in [1.165, 1.54) is 0 Å². The summed E-state index contributed by atoms with van der Waals surface area (Å²) < 4.78 is 5.55. The van der Waals surface area contributed by atoms with E-state index in [-0.39, 0.29) is 19.1 Å². The van der Waals surface area contributed by atoms with E-state index in [0.717, 1.165) is 17.7 Å². The number of hydrogen-bond acceptors (Lipinski definition) is 3. The zero-order valence-corrected chi connectivity index (χ0v) is 10.2. The van der Waals surface area contributed by atoms with Crippen molar-refractivity contribution in [1.29, 1.82) is 0 Å². The lowest BCUT2D eigenvalue weighted by molar-refractivity contribution is 0.202. The lowest BCUT2D eigenvalue weighted by Gasteiger charge is -2.09. The zero-order valence-electron chi connectivity index (χ0n) is 10.2. The maximum absolute atomic E-state index is 8.87. The molecule has 0 saturated carbocycles. The minimum atomic E-state index is 0.0529. The van der Waals surface area contributed by atoms with Crippen molar-refractivity contribution in [2.75, 3.05) is 19.8 Å². The molecule has 1 rings (SSSR count). The summed E-state index contributed by atoms with van der Waals surface area (Å²) in [6, 6.07) is 7.69. The second-order valence-electron chi connectivity index (χ2n) is 4.08. The maximum atomic E-state index is 8.87. The number of aliphatic hydroxyl groups is 2. The molecule has 0 aliphatic heterocycles. The first-order valence-electron chi connectivity index (χ1n) is 5.87. The van der Waals surface area contributed by atoms with Gasteiger partial charge in [0.05, 0.1) is 13.2 Å². The van der Waals surface area contributed by atoms with E-state index in [1.54, 1.807) is 6.08 Å². The molecule has 3 heteroatoms. The Morgan fingerprint density at radius 3 is 2.53 bits per heavy atom. The summed E-state index contributed by atoms with van der Waals surface area (Å²) in [5, 5.41) is 17.5. The van der Waals surface area contributed by atoms with Gasteiger partial charge in [0.15, 0.2) is 0 Å². The van der Waals surface area contributed by atoms with Crippen LogP contribution < -0.4 is 4.74 Å². The Morgan fingerprint density at radius 2 is 1.94 bits per heavy atom. The third-order valence-electron chi connectivity index (χ3n) is 2.49. The van der Waals surface area contributed by atoms with Crippen molar-refractivity contribution in [3.05, 3.63) is 35.9 Å². The van der Waals surface area contributed by atoms with Crippen molar-refractivity contribution >= 4 is 6.08 Å². The Hall–Kier alpha value is -1.32. The van der Waals surface area contributed by atoms with Crippen LogP contribution in [0.4, 0.5) is 0 Å². The lowest BCUT2D eigenvalue weighted by atomic mass is 10.1.